The third-order valence-corrected chi connectivity index (χ3v) is 3.44. The van der Waals surface area contributed by atoms with Gasteiger partial charge in [-0.2, -0.15) is 0 Å². The highest BCUT2D eigenvalue weighted by atomic mass is 16.4. The van der Waals surface area contributed by atoms with E-state index in [1.807, 2.05) is 13.8 Å². The molecule has 1 amide bonds. The summed E-state index contributed by atoms with van der Waals surface area (Å²) in [6.45, 7) is 7.91. The average Bonchev–Trinajstić information content (AvgIpc) is 2.59. The van der Waals surface area contributed by atoms with Gasteiger partial charge in [-0.1, -0.05) is 0 Å². The number of hydrogen-bond acceptors (Lipinski definition) is 3. The average molecular weight is 242 g/mol. The number of rotatable bonds is 4. The largest absolute Gasteiger partial charge is 0.480 e. The number of carboxylic acid groups (broad SMARTS) is 1. The van der Waals surface area contributed by atoms with Crippen molar-refractivity contribution < 1.29 is 14.7 Å². The summed E-state index contributed by atoms with van der Waals surface area (Å²) in [5.41, 5.74) is -0.909. The Balaban J connectivity index is 2.78. The van der Waals surface area contributed by atoms with Crippen LogP contribution in [0.2, 0.25) is 0 Å². The van der Waals surface area contributed by atoms with E-state index in [1.165, 1.54) is 0 Å². The Hall–Kier alpha value is -1.10. The van der Waals surface area contributed by atoms with Crippen LogP contribution < -0.4 is 5.32 Å². The van der Waals surface area contributed by atoms with Crippen LogP contribution in [0.15, 0.2) is 0 Å². The number of nitrogens with zero attached hydrogens (tertiary/aromatic N) is 1. The van der Waals surface area contributed by atoms with Crippen LogP contribution in [0.5, 0.6) is 0 Å². The van der Waals surface area contributed by atoms with Gasteiger partial charge in [0.05, 0.1) is 6.04 Å². The van der Waals surface area contributed by atoms with Crippen LogP contribution in [0.4, 0.5) is 0 Å². The summed E-state index contributed by atoms with van der Waals surface area (Å²) in [5, 5.41) is 12.1. The number of hydrogen-bond donors (Lipinski definition) is 2. The van der Waals surface area contributed by atoms with E-state index in [0.717, 1.165) is 6.42 Å². The molecule has 2 N–H and O–H groups in total. The fourth-order valence-corrected chi connectivity index (χ4v) is 2.38. The fraction of sp³-hybridized carbons (Fsp3) is 0.833. The van der Waals surface area contributed by atoms with Gasteiger partial charge in [-0.3, -0.25) is 14.5 Å². The van der Waals surface area contributed by atoms with Crippen LogP contribution in [-0.2, 0) is 9.59 Å². The summed E-state index contributed by atoms with van der Waals surface area (Å²) >= 11 is 0. The van der Waals surface area contributed by atoms with Crippen molar-refractivity contribution in [2.45, 2.75) is 58.2 Å². The number of carbonyl (C=O) groups is 2. The lowest BCUT2D eigenvalue weighted by molar-refractivity contribution is -0.151. The van der Waals surface area contributed by atoms with Crippen molar-refractivity contribution in [1.29, 1.82) is 0 Å². The molecule has 5 nitrogen and oxygen atoms in total. The minimum absolute atomic E-state index is 0.0728. The van der Waals surface area contributed by atoms with E-state index >= 15 is 0 Å². The van der Waals surface area contributed by atoms with E-state index in [9.17, 15) is 14.7 Å². The van der Waals surface area contributed by atoms with Crippen LogP contribution in [0.25, 0.3) is 0 Å². The van der Waals surface area contributed by atoms with Crippen molar-refractivity contribution >= 4 is 11.9 Å². The molecule has 1 fully saturated rings. The maximum absolute atomic E-state index is 11.9. The lowest BCUT2D eigenvalue weighted by Crippen LogP contribution is -2.56. The van der Waals surface area contributed by atoms with Gasteiger partial charge < -0.3 is 10.4 Å². The molecule has 5 heteroatoms. The first-order valence-corrected chi connectivity index (χ1v) is 6.09. The van der Waals surface area contributed by atoms with E-state index < -0.39 is 17.6 Å². The summed E-state index contributed by atoms with van der Waals surface area (Å²) in [7, 11) is 0. The van der Waals surface area contributed by atoms with Crippen LogP contribution in [-0.4, -0.2) is 46.1 Å². The zero-order valence-electron chi connectivity index (χ0n) is 11.0. The summed E-state index contributed by atoms with van der Waals surface area (Å²) in [6.07, 6.45) is 1.42. The molecule has 2 unspecified atom stereocenters. The number of carboxylic acids is 1. The molecular weight excluding hydrogens is 220 g/mol. The van der Waals surface area contributed by atoms with Crippen molar-refractivity contribution in [3.63, 3.8) is 0 Å². The summed E-state index contributed by atoms with van der Waals surface area (Å²) in [5.74, 6) is -0.950. The van der Waals surface area contributed by atoms with Gasteiger partial charge in [0.2, 0.25) is 5.91 Å². The SMILES string of the molecule is CC(C)NC(=O)C(C)N1CCCC1(C)C(=O)O. The van der Waals surface area contributed by atoms with Gasteiger partial charge in [0.15, 0.2) is 0 Å². The van der Waals surface area contributed by atoms with Gasteiger partial charge in [-0.05, 0) is 40.5 Å². The highest BCUT2D eigenvalue weighted by Crippen LogP contribution is 2.31. The Labute approximate surface area is 102 Å². The third kappa shape index (κ3) is 2.77. The quantitative estimate of drug-likeness (QED) is 0.766. The van der Waals surface area contributed by atoms with Gasteiger partial charge in [0, 0.05) is 12.6 Å². The Morgan fingerprint density at radius 2 is 1.94 bits per heavy atom. The van der Waals surface area contributed by atoms with E-state index in [4.69, 9.17) is 0 Å². The van der Waals surface area contributed by atoms with Gasteiger partial charge in [0.1, 0.15) is 5.54 Å². The molecule has 0 radical (unpaired) electrons. The van der Waals surface area contributed by atoms with Crippen molar-refractivity contribution in [3.05, 3.63) is 0 Å². The summed E-state index contributed by atoms with van der Waals surface area (Å²) in [6, 6.07) is -0.329. The molecule has 1 heterocycles. The van der Waals surface area contributed by atoms with E-state index in [1.54, 1.807) is 18.7 Å². The number of carbonyl (C=O) groups excluding carboxylic acids is 1. The molecule has 0 bridgehead atoms. The molecule has 17 heavy (non-hydrogen) atoms. The second-order valence-corrected chi connectivity index (χ2v) is 5.22. The highest BCUT2D eigenvalue weighted by molar-refractivity contribution is 5.84. The van der Waals surface area contributed by atoms with E-state index in [-0.39, 0.29) is 11.9 Å². The molecule has 0 spiro atoms. The molecule has 2 atom stereocenters. The topological polar surface area (TPSA) is 69.6 Å². The zero-order chi connectivity index (χ0) is 13.2. The number of aliphatic carboxylic acids is 1. The van der Waals surface area contributed by atoms with Crippen molar-refractivity contribution in [2.24, 2.45) is 0 Å². The predicted octanol–water partition coefficient (Wildman–Crippen LogP) is 0.839. The molecule has 98 valence electrons. The maximum atomic E-state index is 11.9. The second kappa shape index (κ2) is 5.04. The maximum Gasteiger partial charge on any atom is 0.323 e. The number of likely N-dealkylation sites (tertiary alicyclic amines) is 1. The molecule has 0 saturated carbocycles. The van der Waals surface area contributed by atoms with Crippen molar-refractivity contribution in [1.82, 2.24) is 10.2 Å². The van der Waals surface area contributed by atoms with Crippen LogP contribution in [0.1, 0.15) is 40.5 Å². The van der Waals surface area contributed by atoms with Gasteiger partial charge in [0.25, 0.3) is 0 Å². The minimum atomic E-state index is -0.909. The third-order valence-electron chi connectivity index (χ3n) is 3.44. The van der Waals surface area contributed by atoms with Gasteiger partial charge in [-0.25, -0.2) is 0 Å². The normalized spacial score (nSPS) is 27.1. The van der Waals surface area contributed by atoms with E-state index in [0.29, 0.717) is 13.0 Å². The minimum Gasteiger partial charge on any atom is -0.480 e. The van der Waals surface area contributed by atoms with Gasteiger partial charge in [-0.15, -0.1) is 0 Å². The lowest BCUT2D eigenvalue weighted by atomic mass is 9.98. The molecule has 0 aromatic heterocycles. The fourth-order valence-electron chi connectivity index (χ4n) is 2.38. The smallest absolute Gasteiger partial charge is 0.323 e. The lowest BCUT2D eigenvalue weighted by Gasteiger charge is -2.35. The first-order chi connectivity index (χ1) is 7.79. The van der Waals surface area contributed by atoms with Crippen LogP contribution >= 0.6 is 0 Å². The van der Waals surface area contributed by atoms with E-state index in [2.05, 4.69) is 5.32 Å². The zero-order valence-corrected chi connectivity index (χ0v) is 11.0. The number of nitrogens with one attached hydrogen (secondary N) is 1. The molecule has 0 aromatic rings. The monoisotopic (exact) mass is 242 g/mol. The molecule has 1 aliphatic rings. The first kappa shape index (κ1) is 14.0. The van der Waals surface area contributed by atoms with Crippen molar-refractivity contribution in [2.75, 3.05) is 6.54 Å². The Morgan fingerprint density at radius 1 is 1.35 bits per heavy atom. The summed E-state index contributed by atoms with van der Waals surface area (Å²) in [4.78, 5) is 25.0. The predicted molar refractivity (Wildman–Crippen MR) is 64.7 cm³/mol. The Kier molecular flexibility index (Phi) is 4.14. The second-order valence-electron chi connectivity index (χ2n) is 5.22. The molecule has 1 aliphatic heterocycles. The van der Waals surface area contributed by atoms with Crippen LogP contribution in [0, 0.1) is 0 Å². The van der Waals surface area contributed by atoms with Crippen LogP contribution in [0.3, 0.4) is 0 Å². The van der Waals surface area contributed by atoms with Gasteiger partial charge >= 0.3 is 5.97 Å². The Bertz CT molecular complexity index is 317. The molecule has 1 saturated heterocycles. The highest BCUT2D eigenvalue weighted by Gasteiger charge is 2.46. The number of amides is 1. The summed E-state index contributed by atoms with van der Waals surface area (Å²) < 4.78 is 0. The first-order valence-electron chi connectivity index (χ1n) is 6.09. The Morgan fingerprint density at radius 3 is 2.41 bits per heavy atom. The molecule has 0 aromatic carbocycles. The molecule has 0 aliphatic carbocycles. The molecular formula is C12H22N2O3. The standard InChI is InChI=1S/C12H22N2O3/c1-8(2)13-10(15)9(3)14-7-5-6-12(14,4)11(16)17/h8-9H,5-7H2,1-4H3,(H,13,15)(H,16,17). The van der Waals surface area contributed by atoms with Crippen molar-refractivity contribution in [3.8, 4) is 0 Å². The molecule has 1 rings (SSSR count).